The quantitative estimate of drug-likeness (QED) is 0.438. The number of benzene rings is 2. The van der Waals surface area contributed by atoms with Crippen molar-refractivity contribution < 1.29 is 9.63 Å². The number of aryl methyl sites for hydroxylation is 1. The fraction of sp³-hybridized carbons (Fsp3) is 0.160. The number of imidazole rings is 1. The van der Waals surface area contributed by atoms with Gasteiger partial charge in [0.05, 0.1) is 18.8 Å². The molecule has 5 rings (SSSR count). The smallest absolute Gasteiger partial charge is 0.306 e. The van der Waals surface area contributed by atoms with E-state index in [1.165, 1.54) is 5.06 Å². The maximum absolute atomic E-state index is 12.9. The van der Waals surface area contributed by atoms with Crippen LogP contribution in [-0.4, -0.2) is 32.3 Å². The van der Waals surface area contributed by atoms with Gasteiger partial charge < -0.3 is 5.32 Å². The van der Waals surface area contributed by atoms with Crippen molar-refractivity contribution in [2.45, 2.75) is 19.4 Å². The Morgan fingerprint density at radius 2 is 1.97 bits per heavy atom. The molecule has 1 aliphatic heterocycles. The average molecular weight is 460 g/mol. The van der Waals surface area contributed by atoms with E-state index in [9.17, 15) is 4.79 Å². The molecule has 2 aromatic heterocycles. The summed E-state index contributed by atoms with van der Waals surface area (Å²) in [7, 11) is 0. The highest BCUT2D eigenvalue weighted by Crippen LogP contribution is 2.30. The van der Waals surface area contributed by atoms with Gasteiger partial charge in [-0.15, -0.1) is 12.4 Å². The van der Waals surface area contributed by atoms with Gasteiger partial charge in [0, 0.05) is 23.9 Å². The Kier molecular flexibility index (Phi) is 6.59. The lowest BCUT2D eigenvalue weighted by atomic mass is 10.1. The highest BCUT2D eigenvalue weighted by Gasteiger charge is 2.31. The second-order valence-corrected chi connectivity index (χ2v) is 7.52. The topological polar surface area (TPSA) is 71.8 Å². The third-order valence-electron chi connectivity index (χ3n) is 5.38. The SMILES string of the molecule is Cc1ccc(NC(=O)N2OCC[C@H]2c2ccccc2)cc1C#Cc1cnc2cccnn12.Cl. The Labute approximate surface area is 197 Å². The first-order valence-corrected chi connectivity index (χ1v) is 10.4. The molecule has 1 N–H and O–H groups in total. The molecule has 2 amide bonds. The second kappa shape index (κ2) is 9.74. The summed E-state index contributed by atoms with van der Waals surface area (Å²) in [5, 5.41) is 8.64. The fourth-order valence-electron chi connectivity index (χ4n) is 3.71. The van der Waals surface area contributed by atoms with Gasteiger partial charge in [0.25, 0.3) is 0 Å². The molecule has 0 saturated carbocycles. The number of hydrogen-bond acceptors (Lipinski definition) is 4. The van der Waals surface area contributed by atoms with Crippen LogP contribution in [-0.2, 0) is 4.84 Å². The molecule has 1 atom stereocenters. The van der Waals surface area contributed by atoms with Crippen LogP contribution in [0.1, 0.15) is 34.8 Å². The van der Waals surface area contributed by atoms with Gasteiger partial charge in [0.1, 0.15) is 5.69 Å². The number of halogens is 1. The minimum atomic E-state index is -0.301. The lowest BCUT2D eigenvalue weighted by Crippen LogP contribution is -2.33. The number of carbonyl (C=O) groups is 1. The molecule has 2 aromatic carbocycles. The van der Waals surface area contributed by atoms with E-state index in [1.54, 1.807) is 16.9 Å². The zero-order valence-electron chi connectivity index (χ0n) is 17.9. The van der Waals surface area contributed by atoms with Crippen LogP contribution in [0.2, 0.25) is 0 Å². The number of hydrogen-bond donors (Lipinski definition) is 1. The summed E-state index contributed by atoms with van der Waals surface area (Å²) in [6, 6.07) is 18.9. The summed E-state index contributed by atoms with van der Waals surface area (Å²) < 4.78 is 1.70. The molecule has 1 aliphatic rings. The van der Waals surface area contributed by atoms with Gasteiger partial charge in [0.15, 0.2) is 5.65 Å². The monoisotopic (exact) mass is 459 g/mol. The predicted molar refractivity (Wildman–Crippen MR) is 128 cm³/mol. The number of nitrogens with one attached hydrogen (secondary N) is 1. The molecule has 1 saturated heterocycles. The average Bonchev–Trinajstić information content (AvgIpc) is 3.47. The Hall–Kier alpha value is -3.86. The summed E-state index contributed by atoms with van der Waals surface area (Å²) in [6.45, 7) is 2.49. The lowest BCUT2D eigenvalue weighted by Gasteiger charge is -2.23. The van der Waals surface area contributed by atoms with Crippen molar-refractivity contribution in [2.75, 3.05) is 11.9 Å². The first-order chi connectivity index (χ1) is 15.7. The van der Waals surface area contributed by atoms with Gasteiger partial charge in [-0.25, -0.2) is 14.3 Å². The van der Waals surface area contributed by atoms with Gasteiger partial charge in [-0.05, 0) is 48.2 Å². The van der Waals surface area contributed by atoms with E-state index in [-0.39, 0.29) is 24.5 Å². The van der Waals surface area contributed by atoms with Crippen molar-refractivity contribution in [1.29, 1.82) is 0 Å². The molecule has 33 heavy (non-hydrogen) atoms. The first kappa shape index (κ1) is 22.3. The Bertz CT molecular complexity index is 1340. The van der Waals surface area contributed by atoms with Gasteiger partial charge in [-0.1, -0.05) is 42.3 Å². The van der Waals surface area contributed by atoms with Crippen LogP contribution in [0.3, 0.4) is 0 Å². The van der Waals surface area contributed by atoms with Gasteiger partial charge in [-0.2, -0.15) is 10.2 Å². The molecule has 0 spiro atoms. The van der Waals surface area contributed by atoms with Crippen LogP contribution in [0, 0.1) is 18.8 Å². The maximum atomic E-state index is 12.9. The van der Waals surface area contributed by atoms with E-state index in [1.807, 2.05) is 67.6 Å². The van der Waals surface area contributed by atoms with Crippen molar-refractivity contribution in [1.82, 2.24) is 19.7 Å². The molecule has 3 heterocycles. The highest BCUT2D eigenvalue weighted by atomic mass is 35.5. The minimum absolute atomic E-state index is 0. The number of carbonyl (C=O) groups excluding carboxylic acids is 1. The largest absolute Gasteiger partial charge is 0.346 e. The van der Waals surface area contributed by atoms with Crippen molar-refractivity contribution in [3.63, 3.8) is 0 Å². The number of hydroxylamine groups is 2. The van der Waals surface area contributed by atoms with Gasteiger partial charge >= 0.3 is 6.03 Å². The Balaban J connectivity index is 0.00000259. The fourth-order valence-corrected chi connectivity index (χ4v) is 3.71. The van der Waals surface area contributed by atoms with Crippen molar-refractivity contribution in [2.24, 2.45) is 0 Å². The molecule has 0 unspecified atom stereocenters. The Morgan fingerprint density at radius 1 is 1.12 bits per heavy atom. The first-order valence-electron chi connectivity index (χ1n) is 10.4. The van der Waals surface area contributed by atoms with Gasteiger partial charge in [0.2, 0.25) is 0 Å². The summed E-state index contributed by atoms with van der Waals surface area (Å²) in [5.41, 5.74) is 4.98. The molecular formula is C25H22ClN5O2. The molecule has 0 bridgehead atoms. The van der Waals surface area contributed by atoms with E-state index < -0.39 is 0 Å². The van der Waals surface area contributed by atoms with E-state index in [0.29, 0.717) is 18.0 Å². The summed E-state index contributed by atoms with van der Waals surface area (Å²) in [4.78, 5) is 22.8. The van der Waals surface area contributed by atoms with E-state index in [0.717, 1.165) is 28.8 Å². The number of rotatable bonds is 2. The predicted octanol–water partition coefficient (Wildman–Crippen LogP) is 4.77. The van der Waals surface area contributed by atoms with Crippen LogP contribution < -0.4 is 5.32 Å². The second-order valence-electron chi connectivity index (χ2n) is 7.52. The normalized spacial score (nSPS) is 14.9. The standard InChI is InChI=1S/C25H21N5O2.ClH/c1-18-9-11-21(16-20(18)10-12-22-17-26-24-8-5-14-27-29(22)24)28-25(31)30-23(13-15-32-30)19-6-3-2-4-7-19;/h2-9,11,14,16-17,23H,13,15H2,1H3,(H,28,31);1H/t23-;/m0./s1. The van der Waals surface area contributed by atoms with E-state index in [4.69, 9.17) is 4.84 Å². The Morgan fingerprint density at radius 3 is 2.82 bits per heavy atom. The molecule has 0 radical (unpaired) electrons. The zero-order valence-corrected chi connectivity index (χ0v) is 18.7. The molecule has 0 aliphatic carbocycles. The lowest BCUT2D eigenvalue weighted by molar-refractivity contribution is -0.0829. The number of fused-ring (bicyclic) bond motifs is 1. The van der Waals surface area contributed by atoms with Crippen LogP contribution in [0.5, 0.6) is 0 Å². The molecule has 4 aromatic rings. The van der Waals surface area contributed by atoms with Crippen LogP contribution >= 0.6 is 12.4 Å². The number of aromatic nitrogens is 3. The third kappa shape index (κ3) is 4.67. The highest BCUT2D eigenvalue weighted by molar-refractivity contribution is 5.89. The van der Waals surface area contributed by atoms with Gasteiger partial charge in [-0.3, -0.25) is 4.84 Å². The van der Waals surface area contributed by atoms with E-state index >= 15 is 0 Å². The molecule has 8 heteroatoms. The summed E-state index contributed by atoms with van der Waals surface area (Å²) in [5.74, 6) is 6.31. The number of amides is 2. The van der Waals surface area contributed by atoms with E-state index in [2.05, 4.69) is 27.2 Å². The van der Waals surface area contributed by atoms with Crippen molar-refractivity contribution in [3.8, 4) is 11.8 Å². The minimum Gasteiger partial charge on any atom is -0.306 e. The van der Waals surface area contributed by atoms with Crippen molar-refractivity contribution in [3.05, 3.63) is 95.4 Å². The summed E-state index contributed by atoms with van der Waals surface area (Å²) >= 11 is 0. The number of nitrogens with zero attached hydrogens (tertiary/aromatic N) is 4. The van der Waals surface area contributed by atoms with Crippen molar-refractivity contribution >= 4 is 29.8 Å². The maximum Gasteiger partial charge on any atom is 0.346 e. The van der Waals surface area contributed by atoms with Crippen LogP contribution in [0.15, 0.2) is 73.1 Å². The molecule has 1 fully saturated rings. The van der Waals surface area contributed by atoms with Crippen LogP contribution in [0.4, 0.5) is 10.5 Å². The summed E-state index contributed by atoms with van der Waals surface area (Å²) in [6.07, 6.45) is 4.16. The zero-order chi connectivity index (χ0) is 21.9. The molecular weight excluding hydrogens is 438 g/mol. The third-order valence-corrected chi connectivity index (χ3v) is 5.38. The molecule has 7 nitrogen and oxygen atoms in total. The number of urea groups is 1. The number of anilines is 1. The van der Waals surface area contributed by atoms with Crippen LogP contribution in [0.25, 0.3) is 5.65 Å². The molecule has 166 valence electrons.